The molecule has 1 aromatic carbocycles. The first-order chi connectivity index (χ1) is 44.0. The van der Waals surface area contributed by atoms with Gasteiger partial charge in [-0.25, -0.2) is 0 Å². The molecule has 2 rings (SSSR count). The van der Waals surface area contributed by atoms with Gasteiger partial charge in [0.2, 0.25) is 11.8 Å². The number of esters is 4. The van der Waals surface area contributed by atoms with Crippen molar-refractivity contribution in [3.05, 3.63) is 29.8 Å². The number of nitrogens with zero attached hydrogens (tertiary/aromatic N) is 4. The summed E-state index contributed by atoms with van der Waals surface area (Å²) in [6.07, 6.45) is 7.01. The maximum Gasteiger partial charge on any atom is 0.320 e. The highest BCUT2D eigenvalue weighted by Gasteiger charge is 2.31. The van der Waals surface area contributed by atoms with Gasteiger partial charge in [-0.3, -0.25) is 48.4 Å². The zero-order chi connectivity index (χ0) is 69.0. The number of hydrogen-bond donors (Lipinski definition) is 3. The van der Waals surface area contributed by atoms with Crippen LogP contribution in [0.15, 0.2) is 24.3 Å². The molecule has 538 valence electrons. The van der Waals surface area contributed by atoms with Crippen LogP contribution in [0, 0.1) is 0 Å². The number of ether oxygens (including phenoxy) is 12. The molecule has 1 saturated heterocycles. The molecule has 2 amide bonds. The molecule has 1 aliphatic rings. The van der Waals surface area contributed by atoms with Crippen LogP contribution in [0.5, 0.6) is 5.75 Å². The number of hydrogen-bond acceptors (Lipinski definition) is 23. The molecule has 0 aliphatic carbocycles. The second kappa shape index (κ2) is 48.1. The first-order valence-electron chi connectivity index (χ1n) is 33.8. The highest BCUT2D eigenvalue weighted by atomic mass is 16.6. The second-order valence-corrected chi connectivity index (χ2v) is 27.3. The van der Waals surface area contributed by atoms with Gasteiger partial charge in [-0.05, 0) is 146 Å². The normalized spacial score (nSPS) is 15.8. The number of nitrogens with one attached hydrogen (secondary N) is 2. The van der Waals surface area contributed by atoms with Crippen molar-refractivity contribution in [1.29, 1.82) is 0 Å². The summed E-state index contributed by atoms with van der Waals surface area (Å²) < 4.78 is 67.3. The Hall–Kier alpha value is -4.64. The fourth-order valence-electron chi connectivity index (χ4n) is 9.63. The molecule has 0 aromatic heterocycles. The van der Waals surface area contributed by atoms with E-state index >= 15 is 0 Å². The summed E-state index contributed by atoms with van der Waals surface area (Å²) in [7, 11) is 1.63. The average molecular weight is 1330 g/mol. The Labute approximate surface area is 557 Å². The van der Waals surface area contributed by atoms with Crippen LogP contribution in [0.2, 0.25) is 0 Å². The van der Waals surface area contributed by atoms with Crippen LogP contribution in [0.3, 0.4) is 0 Å². The van der Waals surface area contributed by atoms with E-state index in [2.05, 4.69) is 15.5 Å². The monoisotopic (exact) mass is 1330 g/mol. The fraction of sp³-hybridized carbons (Fsp3) is 0.824. The van der Waals surface area contributed by atoms with E-state index in [0.717, 1.165) is 49.8 Å². The van der Waals surface area contributed by atoms with Crippen molar-refractivity contribution in [1.82, 2.24) is 30.2 Å². The van der Waals surface area contributed by atoms with Gasteiger partial charge in [0.1, 0.15) is 34.2 Å². The lowest BCUT2D eigenvalue weighted by Crippen LogP contribution is -2.54. The number of unbranched alkanes of at least 4 members (excludes halogenated alkanes) is 5. The van der Waals surface area contributed by atoms with E-state index < -0.39 is 40.4 Å². The molecule has 0 radical (unpaired) electrons. The summed E-state index contributed by atoms with van der Waals surface area (Å²) in [6, 6.07) is 6.94. The van der Waals surface area contributed by atoms with Gasteiger partial charge in [-0.1, -0.05) is 31.4 Å². The van der Waals surface area contributed by atoms with Gasteiger partial charge in [0, 0.05) is 71.9 Å². The van der Waals surface area contributed by atoms with E-state index in [4.69, 9.17) is 62.6 Å². The van der Waals surface area contributed by atoms with Gasteiger partial charge in [-0.2, -0.15) is 0 Å². The first-order valence-corrected chi connectivity index (χ1v) is 33.8. The van der Waals surface area contributed by atoms with E-state index in [1.807, 2.05) is 122 Å². The van der Waals surface area contributed by atoms with E-state index in [1.54, 1.807) is 7.11 Å². The highest BCUT2D eigenvalue weighted by Crippen LogP contribution is 2.20. The molecule has 1 aromatic rings. The summed E-state index contributed by atoms with van der Waals surface area (Å²) in [5.74, 6) is -1.31. The van der Waals surface area contributed by atoms with E-state index in [0.29, 0.717) is 164 Å². The predicted molar refractivity (Wildman–Crippen MR) is 356 cm³/mol. The minimum Gasteiger partial charge on any atom is -0.494 e. The lowest BCUT2D eigenvalue weighted by molar-refractivity contribution is -0.160. The van der Waals surface area contributed by atoms with E-state index in [-0.39, 0.29) is 69.0 Å². The third-order valence-electron chi connectivity index (χ3n) is 13.9. The minimum atomic E-state index is -0.736. The largest absolute Gasteiger partial charge is 0.494 e. The standard InChI is InChI=1S/C68H123N7O18/c1-65(2,3)90-60(77)51-72-29-30-73(52-61(78)91-66(4,5)6)33-34-75(54-63(80)93-68(10,11)12)56(50-74(32-31-72)53-62(79)92-67(7,8)9)49-55-22-24-57(25-23-55)89-35-20-16-14-15-19-28-70-64(81)58(21-17-18-27-69)71-59(76)26-36-83-39-40-85-43-44-87-47-48-88-46-45-86-42-41-84-38-37-82-13/h22-25,56,58H,14-21,26-54,69H2,1-13H3,(H,70,81)(H,71,76)/t56-,58-/m0/s1. The van der Waals surface area contributed by atoms with Gasteiger partial charge < -0.3 is 73.2 Å². The molecule has 1 aliphatic heterocycles. The molecule has 0 bridgehead atoms. The molecular formula is C68H123N7O18. The van der Waals surface area contributed by atoms with Crippen LogP contribution in [-0.4, -0.2) is 274 Å². The van der Waals surface area contributed by atoms with Gasteiger partial charge in [0.15, 0.2) is 0 Å². The molecule has 25 heteroatoms. The summed E-state index contributed by atoms with van der Waals surface area (Å²) in [5, 5.41) is 5.90. The van der Waals surface area contributed by atoms with Crippen molar-refractivity contribution in [3.63, 3.8) is 0 Å². The summed E-state index contributed by atoms with van der Waals surface area (Å²) in [6.45, 7) is 31.8. The molecule has 93 heavy (non-hydrogen) atoms. The maximum atomic E-state index is 13.8. The average Bonchev–Trinajstić information content (AvgIpc) is 0.986. The smallest absolute Gasteiger partial charge is 0.320 e. The van der Waals surface area contributed by atoms with Crippen LogP contribution >= 0.6 is 0 Å². The Balaban J connectivity index is 1.97. The Morgan fingerprint density at radius 2 is 0.892 bits per heavy atom. The molecular weight excluding hydrogens is 1200 g/mol. The van der Waals surface area contributed by atoms with E-state index in [1.165, 1.54) is 0 Å². The molecule has 0 saturated carbocycles. The third-order valence-corrected chi connectivity index (χ3v) is 13.9. The number of amides is 2. The van der Waals surface area contributed by atoms with Gasteiger partial charge >= 0.3 is 23.9 Å². The van der Waals surface area contributed by atoms with Gasteiger partial charge in [0.25, 0.3) is 0 Å². The second-order valence-electron chi connectivity index (χ2n) is 27.3. The summed E-state index contributed by atoms with van der Waals surface area (Å²) >= 11 is 0. The van der Waals surface area contributed by atoms with Gasteiger partial charge in [-0.15, -0.1) is 0 Å². The van der Waals surface area contributed by atoms with Crippen molar-refractivity contribution in [3.8, 4) is 5.75 Å². The first kappa shape index (κ1) is 84.4. The number of benzene rings is 1. The number of carbonyl (C=O) groups is 6. The maximum absolute atomic E-state index is 13.8. The Morgan fingerprint density at radius 3 is 1.35 bits per heavy atom. The Kier molecular flexibility index (Phi) is 43.7. The van der Waals surface area contributed by atoms with Crippen LogP contribution < -0.4 is 21.1 Å². The SMILES string of the molecule is COCCOCCOCCOCCOCCOCCOCCC(=O)N[C@@H](CCCCN)C(=O)NCCCCCCCOc1ccc(C[C@H]2CN(CC(=O)OC(C)(C)C)CCN(CC(=O)OC(C)(C)C)CCN(CC(=O)OC(C)(C)C)CCN2CC(=O)OC(C)(C)C)cc1. The Bertz CT molecular complexity index is 2190. The van der Waals surface area contributed by atoms with Crippen LogP contribution in [0.4, 0.5) is 0 Å². The van der Waals surface area contributed by atoms with E-state index in [9.17, 15) is 28.8 Å². The lowest BCUT2D eigenvalue weighted by atomic mass is 10.0. The fourth-order valence-corrected chi connectivity index (χ4v) is 9.63. The molecule has 2 atom stereocenters. The zero-order valence-corrected chi connectivity index (χ0v) is 59.3. The number of rotatable bonds is 46. The summed E-state index contributed by atoms with van der Waals surface area (Å²) in [5.41, 5.74) is 3.86. The van der Waals surface area contributed by atoms with Crippen molar-refractivity contribution in [2.24, 2.45) is 5.73 Å². The van der Waals surface area contributed by atoms with Crippen molar-refractivity contribution >= 4 is 35.7 Å². The van der Waals surface area contributed by atoms with Crippen molar-refractivity contribution in [2.75, 3.05) is 185 Å². The van der Waals surface area contributed by atoms with Crippen molar-refractivity contribution in [2.45, 2.75) is 182 Å². The highest BCUT2D eigenvalue weighted by molar-refractivity contribution is 5.87. The lowest BCUT2D eigenvalue weighted by Gasteiger charge is -2.39. The van der Waals surface area contributed by atoms with Gasteiger partial charge in [0.05, 0.1) is 119 Å². The number of methoxy groups -OCH3 is 1. The predicted octanol–water partition coefficient (Wildman–Crippen LogP) is 5.38. The molecule has 0 spiro atoms. The molecule has 1 fully saturated rings. The van der Waals surface area contributed by atoms with Crippen LogP contribution in [-0.2, 0) is 87.3 Å². The molecule has 0 unspecified atom stereocenters. The third kappa shape index (κ3) is 47.8. The van der Waals surface area contributed by atoms with Crippen molar-refractivity contribution < 1.29 is 85.6 Å². The molecule has 25 nitrogen and oxygen atoms in total. The zero-order valence-electron chi connectivity index (χ0n) is 59.3. The quantitative estimate of drug-likeness (QED) is 0.0420. The topological polar surface area (TPSA) is 276 Å². The number of nitrogens with two attached hydrogens (primary N) is 1. The summed E-state index contributed by atoms with van der Waals surface area (Å²) in [4.78, 5) is 88.3. The Morgan fingerprint density at radius 1 is 0.484 bits per heavy atom. The van der Waals surface area contributed by atoms with Crippen LogP contribution in [0.1, 0.15) is 146 Å². The van der Waals surface area contributed by atoms with Crippen LogP contribution in [0.25, 0.3) is 0 Å². The minimum absolute atomic E-state index is 0.00389. The molecule has 4 N–H and O–H groups in total. The number of carbonyl (C=O) groups excluding carboxylic acids is 6. The molecule has 1 heterocycles.